The molecule has 2 atom stereocenters. The van der Waals surface area contributed by atoms with Gasteiger partial charge < -0.3 is 0 Å². The van der Waals surface area contributed by atoms with E-state index in [9.17, 15) is 0 Å². The molecule has 1 aliphatic carbocycles. The van der Waals surface area contributed by atoms with Crippen molar-refractivity contribution in [3.63, 3.8) is 0 Å². The third kappa shape index (κ3) is 1.68. The maximum atomic E-state index is 4.29. The van der Waals surface area contributed by atoms with Crippen molar-refractivity contribution < 1.29 is 0 Å². The Morgan fingerprint density at radius 3 is 2.15 bits per heavy atom. The van der Waals surface area contributed by atoms with E-state index >= 15 is 0 Å². The topological polar surface area (TPSA) is 0 Å². The molecule has 0 aromatic carbocycles. The lowest BCUT2D eigenvalue weighted by molar-refractivity contribution is 0.0199. The zero-order chi connectivity index (χ0) is 10.2. The van der Waals surface area contributed by atoms with Crippen LogP contribution in [0.15, 0.2) is 12.2 Å². The molecule has 0 radical (unpaired) electrons. The maximum absolute atomic E-state index is 4.29. The highest BCUT2D eigenvalue weighted by atomic mass is 14.5. The molecule has 1 aliphatic rings. The van der Waals surface area contributed by atoms with Crippen LogP contribution in [-0.4, -0.2) is 0 Å². The fourth-order valence-corrected chi connectivity index (χ4v) is 2.75. The molecule has 0 nitrogen and oxygen atoms in total. The smallest absolute Gasteiger partial charge is 0.00675 e. The average molecular weight is 180 g/mol. The molecule has 0 aliphatic heterocycles. The summed E-state index contributed by atoms with van der Waals surface area (Å²) in [6, 6.07) is 0. The molecule has 0 saturated heterocycles. The van der Waals surface area contributed by atoms with E-state index in [0.717, 1.165) is 17.8 Å². The standard InChI is InChI=1S/C13H24/c1-9(2)7-10(3)13(6)11(4)8-12(13)5/h9,11-12H,3,7-8H2,1-2,4-6H3. The Bertz CT molecular complexity index is 192. The van der Waals surface area contributed by atoms with E-state index in [4.69, 9.17) is 0 Å². The predicted molar refractivity (Wildman–Crippen MR) is 59.6 cm³/mol. The van der Waals surface area contributed by atoms with Gasteiger partial charge in [-0.15, -0.1) is 0 Å². The molecule has 0 spiro atoms. The molecule has 0 N–H and O–H groups in total. The van der Waals surface area contributed by atoms with E-state index in [-0.39, 0.29) is 0 Å². The highest BCUT2D eigenvalue weighted by molar-refractivity contribution is 5.18. The lowest BCUT2D eigenvalue weighted by atomic mass is 9.51. The maximum Gasteiger partial charge on any atom is -0.00675 e. The summed E-state index contributed by atoms with van der Waals surface area (Å²) in [5.74, 6) is 2.44. The van der Waals surface area contributed by atoms with E-state index in [1.165, 1.54) is 18.4 Å². The quantitative estimate of drug-likeness (QED) is 0.569. The van der Waals surface area contributed by atoms with Crippen LogP contribution in [0.3, 0.4) is 0 Å². The highest BCUT2D eigenvalue weighted by Gasteiger charge is 2.47. The van der Waals surface area contributed by atoms with Gasteiger partial charge in [-0.05, 0) is 36.0 Å². The van der Waals surface area contributed by atoms with Gasteiger partial charge in [-0.2, -0.15) is 0 Å². The van der Waals surface area contributed by atoms with Crippen molar-refractivity contribution in [2.75, 3.05) is 0 Å². The normalized spacial score (nSPS) is 38.9. The molecule has 0 bridgehead atoms. The Labute approximate surface area is 83.4 Å². The van der Waals surface area contributed by atoms with Crippen molar-refractivity contribution in [1.29, 1.82) is 0 Å². The van der Waals surface area contributed by atoms with Gasteiger partial charge in [0.1, 0.15) is 0 Å². The summed E-state index contributed by atoms with van der Waals surface area (Å²) in [4.78, 5) is 0. The Morgan fingerprint density at radius 1 is 1.38 bits per heavy atom. The highest BCUT2D eigenvalue weighted by Crippen LogP contribution is 2.56. The Hall–Kier alpha value is -0.260. The monoisotopic (exact) mass is 180 g/mol. The van der Waals surface area contributed by atoms with Gasteiger partial charge in [0.15, 0.2) is 0 Å². The number of rotatable bonds is 3. The van der Waals surface area contributed by atoms with Crippen molar-refractivity contribution in [2.24, 2.45) is 23.2 Å². The summed E-state index contributed by atoms with van der Waals surface area (Å²) < 4.78 is 0. The zero-order valence-electron chi connectivity index (χ0n) is 9.85. The second-order valence-corrected chi connectivity index (χ2v) is 5.52. The van der Waals surface area contributed by atoms with Crippen LogP contribution in [0, 0.1) is 23.2 Å². The van der Waals surface area contributed by atoms with Gasteiger partial charge in [-0.25, -0.2) is 0 Å². The molecule has 0 heterocycles. The molecule has 0 amide bonds. The SMILES string of the molecule is C=C(CC(C)C)C1(C)C(C)CC1C. The third-order valence-electron chi connectivity index (χ3n) is 4.17. The van der Waals surface area contributed by atoms with Gasteiger partial charge in [0, 0.05) is 0 Å². The first-order valence-corrected chi connectivity index (χ1v) is 5.57. The van der Waals surface area contributed by atoms with Gasteiger partial charge in [-0.3, -0.25) is 0 Å². The van der Waals surface area contributed by atoms with Crippen molar-refractivity contribution in [3.8, 4) is 0 Å². The fourth-order valence-electron chi connectivity index (χ4n) is 2.75. The average Bonchev–Trinajstić information content (AvgIpc) is 2.02. The minimum absolute atomic E-state index is 0.435. The molecule has 0 aromatic heterocycles. The molecule has 0 heteroatoms. The zero-order valence-corrected chi connectivity index (χ0v) is 9.85. The summed E-state index contributed by atoms with van der Waals surface area (Å²) in [6.07, 6.45) is 2.58. The Balaban J connectivity index is 2.64. The largest absolute Gasteiger partial charge is 0.0993 e. The van der Waals surface area contributed by atoms with Gasteiger partial charge in [0.25, 0.3) is 0 Å². The van der Waals surface area contributed by atoms with E-state index < -0.39 is 0 Å². The molecule has 2 unspecified atom stereocenters. The van der Waals surface area contributed by atoms with Crippen LogP contribution in [0.25, 0.3) is 0 Å². The van der Waals surface area contributed by atoms with Gasteiger partial charge >= 0.3 is 0 Å². The molecule has 1 rings (SSSR count). The van der Waals surface area contributed by atoms with Crippen LogP contribution in [0.1, 0.15) is 47.5 Å². The summed E-state index contributed by atoms with van der Waals surface area (Å²) in [5.41, 5.74) is 1.92. The van der Waals surface area contributed by atoms with Crippen molar-refractivity contribution >= 4 is 0 Å². The Morgan fingerprint density at radius 2 is 1.85 bits per heavy atom. The Kier molecular flexibility index (Phi) is 2.89. The van der Waals surface area contributed by atoms with Crippen LogP contribution in [0.2, 0.25) is 0 Å². The van der Waals surface area contributed by atoms with Crippen molar-refractivity contribution in [3.05, 3.63) is 12.2 Å². The third-order valence-corrected chi connectivity index (χ3v) is 4.17. The first-order chi connectivity index (χ1) is 5.89. The summed E-state index contributed by atoms with van der Waals surface area (Å²) >= 11 is 0. The van der Waals surface area contributed by atoms with Crippen LogP contribution in [0.5, 0.6) is 0 Å². The van der Waals surface area contributed by atoms with Crippen LogP contribution in [0.4, 0.5) is 0 Å². The van der Waals surface area contributed by atoms with Crippen LogP contribution in [-0.2, 0) is 0 Å². The first kappa shape index (κ1) is 10.8. The lowest BCUT2D eigenvalue weighted by Gasteiger charge is -2.53. The van der Waals surface area contributed by atoms with Crippen LogP contribution < -0.4 is 0 Å². The van der Waals surface area contributed by atoms with Crippen molar-refractivity contribution in [2.45, 2.75) is 47.5 Å². The molecule has 1 fully saturated rings. The van der Waals surface area contributed by atoms with Gasteiger partial charge in [0.05, 0.1) is 0 Å². The summed E-state index contributed by atoms with van der Waals surface area (Å²) in [5, 5.41) is 0. The van der Waals surface area contributed by atoms with E-state index in [1.54, 1.807) is 0 Å². The van der Waals surface area contributed by atoms with Crippen LogP contribution >= 0.6 is 0 Å². The van der Waals surface area contributed by atoms with Gasteiger partial charge in [-0.1, -0.05) is 46.8 Å². The second-order valence-electron chi connectivity index (χ2n) is 5.52. The van der Waals surface area contributed by atoms with E-state index in [0.29, 0.717) is 5.41 Å². The molecule has 13 heavy (non-hydrogen) atoms. The van der Waals surface area contributed by atoms with E-state index in [2.05, 4.69) is 41.2 Å². The lowest BCUT2D eigenvalue weighted by Crippen LogP contribution is -2.45. The molecule has 1 saturated carbocycles. The summed E-state index contributed by atoms with van der Waals surface area (Å²) in [7, 11) is 0. The number of hydrogen-bond acceptors (Lipinski definition) is 0. The van der Waals surface area contributed by atoms with Crippen molar-refractivity contribution in [1.82, 2.24) is 0 Å². The minimum Gasteiger partial charge on any atom is -0.0993 e. The fraction of sp³-hybridized carbons (Fsp3) is 0.846. The molecular weight excluding hydrogens is 156 g/mol. The number of hydrogen-bond donors (Lipinski definition) is 0. The number of allylic oxidation sites excluding steroid dienone is 1. The van der Waals surface area contributed by atoms with Gasteiger partial charge in [0.2, 0.25) is 0 Å². The second kappa shape index (κ2) is 3.48. The first-order valence-electron chi connectivity index (χ1n) is 5.57. The minimum atomic E-state index is 0.435. The molecule has 0 aromatic rings. The molecule has 76 valence electrons. The van der Waals surface area contributed by atoms with E-state index in [1.807, 2.05) is 0 Å². The predicted octanol–water partition coefficient (Wildman–Crippen LogP) is 4.27. The summed E-state index contributed by atoms with van der Waals surface area (Å²) in [6.45, 7) is 16.0. The molecular formula is C13H24.